The molecule has 2 rings (SSSR count). The molecule has 0 spiro atoms. The monoisotopic (exact) mass is 264 g/mol. The highest BCUT2D eigenvalue weighted by molar-refractivity contribution is 5.99. The molecule has 1 N–H and O–H groups in total. The number of carbonyl (C=O) groups excluding carboxylic acids is 1. The first-order valence-corrected chi connectivity index (χ1v) is 6.40. The van der Waals surface area contributed by atoms with E-state index in [1.807, 2.05) is 61.7 Å². The number of hydrogen-bond acceptors (Lipinski definition) is 2. The molecule has 0 aliphatic carbocycles. The van der Waals surface area contributed by atoms with Gasteiger partial charge in [-0.1, -0.05) is 36.4 Å². The number of anilines is 1. The van der Waals surface area contributed by atoms with E-state index in [0.29, 0.717) is 0 Å². The lowest BCUT2D eigenvalue weighted by Crippen LogP contribution is -2.07. The van der Waals surface area contributed by atoms with Crippen LogP contribution in [0.15, 0.2) is 73.1 Å². The summed E-state index contributed by atoms with van der Waals surface area (Å²) in [5, 5.41) is 2.80. The number of aromatic nitrogens is 1. The topological polar surface area (TPSA) is 42.0 Å². The predicted octanol–water partition coefficient (Wildman–Crippen LogP) is 3.82. The lowest BCUT2D eigenvalue weighted by molar-refractivity contribution is -0.111. The number of carbonyl (C=O) groups is 1. The molecular weight excluding hydrogens is 248 g/mol. The van der Waals surface area contributed by atoms with Gasteiger partial charge in [-0.15, -0.1) is 0 Å². The molecule has 20 heavy (non-hydrogen) atoms. The Morgan fingerprint density at radius 3 is 2.55 bits per heavy atom. The van der Waals surface area contributed by atoms with E-state index in [2.05, 4.69) is 10.3 Å². The summed E-state index contributed by atoms with van der Waals surface area (Å²) in [6.07, 6.45) is 10.4. The SMILES string of the molecule is C/C=C/C=C/C(=O)Nc1ccc(-c2cccnc2)cc1. The number of nitrogens with one attached hydrogen (secondary N) is 1. The van der Waals surface area contributed by atoms with Crippen molar-refractivity contribution in [3.63, 3.8) is 0 Å². The predicted molar refractivity (Wildman–Crippen MR) is 82.3 cm³/mol. The Kier molecular flexibility index (Phi) is 4.84. The van der Waals surface area contributed by atoms with Gasteiger partial charge in [-0.05, 0) is 36.2 Å². The molecule has 0 radical (unpaired) electrons. The zero-order valence-corrected chi connectivity index (χ0v) is 11.3. The third-order valence-corrected chi connectivity index (χ3v) is 2.70. The zero-order chi connectivity index (χ0) is 14.2. The zero-order valence-electron chi connectivity index (χ0n) is 11.3. The van der Waals surface area contributed by atoms with E-state index < -0.39 is 0 Å². The van der Waals surface area contributed by atoms with E-state index >= 15 is 0 Å². The van der Waals surface area contributed by atoms with Gasteiger partial charge in [0, 0.05) is 24.2 Å². The van der Waals surface area contributed by atoms with Crippen LogP contribution in [0.4, 0.5) is 5.69 Å². The number of benzene rings is 1. The molecule has 0 saturated heterocycles. The van der Waals surface area contributed by atoms with Crippen molar-refractivity contribution in [1.82, 2.24) is 4.98 Å². The summed E-state index contributed by atoms with van der Waals surface area (Å²) in [6.45, 7) is 1.90. The van der Waals surface area contributed by atoms with Crippen molar-refractivity contribution in [3.8, 4) is 11.1 Å². The van der Waals surface area contributed by atoms with Crippen LogP contribution in [0.25, 0.3) is 11.1 Å². The number of hydrogen-bond donors (Lipinski definition) is 1. The van der Waals surface area contributed by atoms with Crippen LogP contribution in [0, 0.1) is 0 Å². The second-order valence-corrected chi connectivity index (χ2v) is 4.19. The number of amides is 1. The lowest BCUT2D eigenvalue weighted by atomic mass is 10.1. The van der Waals surface area contributed by atoms with Crippen LogP contribution in [0.2, 0.25) is 0 Å². The largest absolute Gasteiger partial charge is 0.323 e. The second kappa shape index (κ2) is 7.04. The molecule has 1 aromatic carbocycles. The van der Waals surface area contributed by atoms with E-state index in [1.165, 1.54) is 6.08 Å². The fourth-order valence-electron chi connectivity index (χ4n) is 1.72. The Labute approximate surface area is 118 Å². The highest BCUT2D eigenvalue weighted by Gasteiger charge is 1.99. The Morgan fingerprint density at radius 2 is 1.90 bits per heavy atom. The van der Waals surface area contributed by atoms with E-state index in [4.69, 9.17) is 0 Å². The number of allylic oxidation sites excluding steroid dienone is 3. The van der Waals surface area contributed by atoms with Crippen molar-refractivity contribution in [1.29, 1.82) is 0 Å². The van der Waals surface area contributed by atoms with Crippen LogP contribution in [0.3, 0.4) is 0 Å². The fraction of sp³-hybridized carbons (Fsp3) is 0.0588. The van der Waals surface area contributed by atoms with Crippen molar-refractivity contribution < 1.29 is 4.79 Å². The molecule has 0 bridgehead atoms. The van der Waals surface area contributed by atoms with Gasteiger partial charge in [0.15, 0.2) is 0 Å². The van der Waals surface area contributed by atoms with Crippen LogP contribution in [0.1, 0.15) is 6.92 Å². The molecule has 0 aliphatic rings. The van der Waals surface area contributed by atoms with Gasteiger partial charge in [-0.3, -0.25) is 9.78 Å². The summed E-state index contributed by atoms with van der Waals surface area (Å²) >= 11 is 0. The minimum absolute atomic E-state index is 0.141. The smallest absolute Gasteiger partial charge is 0.248 e. The third kappa shape index (κ3) is 3.92. The molecule has 2 aromatic rings. The van der Waals surface area contributed by atoms with Crippen molar-refractivity contribution >= 4 is 11.6 Å². The first-order chi connectivity index (χ1) is 9.79. The van der Waals surface area contributed by atoms with Crippen LogP contribution in [-0.4, -0.2) is 10.9 Å². The minimum atomic E-state index is -0.141. The molecule has 0 unspecified atom stereocenters. The molecule has 1 heterocycles. The highest BCUT2D eigenvalue weighted by atomic mass is 16.1. The highest BCUT2D eigenvalue weighted by Crippen LogP contribution is 2.20. The average Bonchev–Trinajstić information content (AvgIpc) is 2.49. The molecule has 1 aromatic heterocycles. The first kappa shape index (κ1) is 13.7. The minimum Gasteiger partial charge on any atom is -0.323 e. The van der Waals surface area contributed by atoms with Gasteiger partial charge >= 0.3 is 0 Å². The number of nitrogens with zero attached hydrogens (tertiary/aromatic N) is 1. The maximum atomic E-state index is 11.6. The van der Waals surface area contributed by atoms with Crippen LogP contribution in [-0.2, 0) is 4.79 Å². The molecule has 0 atom stereocenters. The van der Waals surface area contributed by atoms with E-state index in [0.717, 1.165) is 16.8 Å². The van der Waals surface area contributed by atoms with E-state index in [-0.39, 0.29) is 5.91 Å². The van der Waals surface area contributed by atoms with Crippen LogP contribution >= 0.6 is 0 Å². The van der Waals surface area contributed by atoms with Crippen molar-refractivity contribution in [3.05, 3.63) is 73.1 Å². The van der Waals surface area contributed by atoms with Crippen molar-refractivity contribution in [2.75, 3.05) is 5.32 Å². The molecule has 0 aliphatic heterocycles. The van der Waals surface area contributed by atoms with Gasteiger partial charge in [0.2, 0.25) is 5.91 Å². The third-order valence-electron chi connectivity index (χ3n) is 2.70. The Bertz CT molecular complexity index is 613. The molecule has 3 heteroatoms. The van der Waals surface area contributed by atoms with Gasteiger partial charge in [0.25, 0.3) is 0 Å². The van der Waals surface area contributed by atoms with Crippen molar-refractivity contribution in [2.45, 2.75) is 6.92 Å². The Morgan fingerprint density at radius 1 is 1.10 bits per heavy atom. The average molecular weight is 264 g/mol. The standard InChI is InChI=1S/C17H16N2O/c1-2-3-4-7-17(20)19-16-10-8-14(9-11-16)15-6-5-12-18-13-15/h2-13H,1H3,(H,19,20)/b3-2+,7-4+. The van der Waals surface area contributed by atoms with Crippen molar-refractivity contribution in [2.24, 2.45) is 0 Å². The van der Waals surface area contributed by atoms with Gasteiger partial charge in [0.1, 0.15) is 0 Å². The molecule has 100 valence electrons. The van der Waals surface area contributed by atoms with Gasteiger partial charge in [0.05, 0.1) is 0 Å². The Balaban J connectivity index is 2.04. The molecular formula is C17H16N2O. The summed E-state index contributed by atoms with van der Waals surface area (Å²) in [6, 6.07) is 11.6. The second-order valence-electron chi connectivity index (χ2n) is 4.19. The van der Waals surface area contributed by atoms with Gasteiger partial charge < -0.3 is 5.32 Å². The van der Waals surface area contributed by atoms with Gasteiger partial charge in [-0.25, -0.2) is 0 Å². The molecule has 0 fully saturated rings. The molecule has 0 saturated carbocycles. The van der Waals surface area contributed by atoms with Crippen LogP contribution < -0.4 is 5.32 Å². The summed E-state index contributed by atoms with van der Waals surface area (Å²) in [7, 11) is 0. The first-order valence-electron chi connectivity index (χ1n) is 6.40. The normalized spacial score (nSPS) is 11.1. The van der Waals surface area contributed by atoms with Crippen LogP contribution in [0.5, 0.6) is 0 Å². The fourth-order valence-corrected chi connectivity index (χ4v) is 1.72. The summed E-state index contributed by atoms with van der Waals surface area (Å²) in [5.74, 6) is -0.141. The van der Waals surface area contributed by atoms with E-state index in [1.54, 1.807) is 12.3 Å². The number of pyridine rings is 1. The Hall–Kier alpha value is -2.68. The maximum absolute atomic E-state index is 11.6. The lowest BCUT2D eigenvalue weighted by Gasteiger charge is -2.04. The summed E-state index contributed by atoms with van der Waals surface area (Å²) < 4.78 is 0. The summed E-state index contributed by atoms with van der Waals surface area (Å²) in [5.41, 5.74) is 2.90. The quantitative estimate of drug-likeness (QED) is 0.673. The molecule has 3 nitrogen and oxygen atoms in total. The van der Waals surface area contributed by atoms with E-state index in [9.17, 15) is 4.79 Å². The van der Waals surface area contributed by atoms with Gasteiger partial charge in [-0.2, -0.15) is 0 Å². The summed E-state index contributed by atoms with van der Waals surface area (Å²) in [4.78, 5) is 15.7. The molecule has 1 amide bonds. The number of rotatable bonds is 4. The maximum Gasteiger partial charge on any atom is 0.248 e.